The highest BCUT2D eigenvalue weighted by molar-refractivity contribution is 5.04. The van der Waals surface area contributed by atoms with Crippen LogP contribution < -0.4 is 0 Å². The smallest absolute Gasteiger partial charge is 0.0325 e. The highest BCUT2D eigenvalue weighted by Crippen LogP contribution is 2.63. The summed E-state index contributed by atoms with van der Waals surface area (Å²) in [6.07, 6.45) is 20.2. The van der Waals surface area contributed by atoms with Crippen molar-refractivity contribution in [3.8, 4) is 0 Å². The van der Waals surface area contributed by atoms with Gasteiger partial charge in [0.1, 0.15) is 0 Å². The van der Waals surface area contributed by atoms with Crippen molar-refractivity contribution in [1.82, 2.24) is 0 Å². The summed E-state index contributed by atoms with van der Waals surface area (Å²) in [4.78, 5) is 0. The zero-order valence-electron chi connectivity index (χ0n) is 22.0. The van der Waals surface area contributed by atoms with Crippen LogP contribution in [-0.4, -0.2) is 0 Å². The van der Waals surface area contributed by atoms with Gasteiger partial charge in [0.05, 0.1) is 0 Å². The molecule has 0 radical (unpaired) electrons. The molecule has 0 aromatic heterocycles. The van der Waals surface area contributed by atoms with Crippen LogP contribution in [0.15, 0.2) is 12.7 Å². The predicted molar refractivity (Wildman–Crippen MR) is 136 cm³/mol. The number of hydrogen-bond acceptors (Lipinski definition) is 0. The van der Waals surface area contributed by atoms with Crippen molar-refractivity contribution in [2.75, 3.05) is 0 Å². The fourth-order valence-corrected chi connectivity index (χ4v) is 9.14. The fraction of sp³-hybridized carbons (Fsp3) is 0.935. The van der Waals surface area contributed by atoms with E-state index in [1.807, 2.05) is 0 Å². The number of rotatable bonds is 5. The van der Waals surface area contributed by atoms with Crippen LogP contribution in [0.3, 0.4) is 0 Å². The molecule has 178 valence electrons. The standard InChI is InChI=1S/C31H54/c1-8-9-21-10-11-22(18-21)12-15-27-28-19-23(30(2,3)4)13-16-25(28)26-17-14-24(20-29(26)27)31(5,6)7/h8,21-29H,1,9-20H2,2-7H3. The van der Waals surface area contributed by atoms with Crippen molar-refractivity contribution in [1.29, 1.82) is 0 Å². The van der Waals surface area contributed by atoms with E-state index in [2.05, 4.69) is 54.2 Å². The zero-order valence-corrected chi connectivity index (χ0v) is 22.0. The summed E-state index contributed by atoms with van der Waals surface area (Å²) in [6.45, 7) is 19.1. The van der Waals surface area contributed by atoms with Gasteiger partial charge in [0.15, 0.2) is 0 Å². The van der Waals surface area contributed by atoms with Crippen LogP contribution in [0.25, 0.3) is 0 Å². The van der Waals surface area contributed by atoms with Crippen LogP contribution >= 0.6 is 0 Å². The molecular weight excluding hydrogens is 372 g/mol. The first-order chi connectivity index (χ1) is 14.6. The van der Waals surface area contributed by atoms with Gasteiger partial charge in [-0.2, -0.15) is 0 Å². The van der Waals surface area contributed by atoms with Crippen molar-refractivity contribution in [3.63, 3.8) is 0 Å². The lowest BCUT2D eigenvalue weighted by Gasteiger charge is -2.43. The SMILES string of the molecule is C=CCC1CCC(CCC2C3CC(C(C)(C)C)CCC3C3CCC(C(C)(C)C)CC32)C1. The minimum Gasteiger partial charge on any atom is -0.103 e. The summed E-state index contributed by atoms with van der Waals surface area (Å²) >= 11 is 0. The molecule has 0 amide bonds. The molecule has 0 aliphatic heterocycles. The second-order valence-electron chi connectivity index (χ2n) is 14.7. The van der Waals surface area contributed by atoms with Crippen molar-refractivity contribution >= 4 is 0 Å². The lowest BCUT2D eigenvalue weighted by molar-refractivity contribution is 0.0722. The molecule has 0 spiro atoms. The Kier molecular flexibility index (Phi) is 7.07. The van der Waals surface area contributed by atoms with E-state index in [4.69, 9.17) is 0 Å². The molecule has 0 aromatic rings. The van der Waals surface area contributed by atoms with E-state index < -0.39 is 0 Å². The first-order valence-corrected chi connectivity index (χ1v) is 14.2. The number of allylic oxidation sites excluding steroid dienone is 1. The summed E-state index contributed by atoms with van der Waals surface area (Å²) in [5.41, 5.74) is 1.00. The first-order valence-electron chi connectivity index (χ1n) is 14.2. The van der Waals surface area contributed by atoms with Crippen LogP contribution in [0.4, 0.5) is 0 Å². The third-order valence-corrected chi connectivity index (χ3v) is 11.1. The molecule has 8 unspecified atom stereocenters. The molecule has 0 heterocycles. The normalized spacial score (nSPS) is 43.5. The molecule has 4 rings (SSSR count). The Labute approximate surface area is 195 Å². The highest BCUT2D eigenvalue weighted by Gasteiger charge is 2.54. The Morgan fingerprint density at radius 2 is 1.13 bits per heavy atom. The van der Waals surface area contributed by atoms with E-state index in [1.54, 1.807) is 32.1 Å². The number of fused-ring (bicyclic) bond motifs is 3. The molecular formula is C31H54. The third kappa shape index (κ3) is 5.14. The summed E-state index contributed by atoms with van der Waals surface area (Å²) in [6, 6.07) is 0. The Hall–Kier alpha value is -0.260. The van der Waals surface area contributed by atoms with Gasteiger partial charge in [0, 0.05) is 0 Å². The Balaban J connectivity index is 1.48. The van der Waals surface area contributed by atoms with Crippen molar-refractivity contribution < 1.29 is 0 Å². The average molecular weight is 427 g/mol. The van der Waals surface area contributed by atoms with Gasteiger partial charge < -0.3 is 0 Å². The molecule has 4 aliphatic rings. The summed E-state index contributed by atoms with van der Waals surface area (Å²) in [5, 5.41) is 0. The minimum absolute atomic E-state index is 0.501. The van der Waals surface area contributed by atoms with Crippen LogP contribution in [0.2, 0.25) is 0 Å². The molecule has 31 heavy (non-hydrogen) atoms. The van der Waals surface area contributed by atoms with Gasteiger partial charge in [0.2, 0.25) is 0 Å². The van der Waals surface area contributed by atoms with Crippen LogP contribution in [0, 0.1) is 64.1 Å². The lowest BCUT2D eigenvalue weighted by atomic mass is 9.62. The van der Waals surface area contributed by atoms with Gasteiger partial charge in [-0.05, 0) is 128 Å². The highest BCUT2D eigenvalue weighted by atomic mass is 14.6. The Bertz CT molecular complexity index is 563. The van der Waals surface area contributed by atoms with Gasteiger partial charge in [-0.25, -0.2) is 0 Å². The second-order valence-corrected chi connectivity index (χ2v) is 14.7. The van der Waals surface area contributed by atoms with Gasteiger partial charge in [-0.1, -0.05) is 60.5 Å². The third-order valence-electron chi connectivity index (χ3n) is 11.1. The van der Waals surface area contributed by atoms with Crippen molar-refractivity contribution in [2.45, 2.75) is 119 Å². The van der Waals surface area contributed by atoms with Crippen molar-refractivity contribution in [2.24, 2.45) is 64.1 Å². The van der Waals surface area contributed by atoms with Crippen LogP contribution in [-0.2, 0) is 0 Å². The van der Waals surface area contributed by atoms with Gasteiger partial charge in [-0.3, -0.25) is 0 Å². The largest absolute Gasteiger partial charge is 0.103 e. The molecule has 0 bridgehead atoms. The van der Waals surface area contributed by atoms with E-state index in [9.17, 15) is 0 Å². The van der Waals surface area contributed by atoms with Gasteiger partial charge in [0.25, 0.3) is 0 Å². The molecule has 4 aliphatic carbocycles. The summed E-state index contributed by atoms with van der Waals surface area (Å²) in [7, 11) is 0. The Morgan fingerprint density at radius 1 is 0.613 bits per heavy atom. The Morgan fingerprint density at radius 3 is 1.61 bits per heavy atom. The van der Waals surface area contributed by atoms with Crippen molar-refractivity contribution in [3.05, 3.63) is 12.7 Å². The summed E-state index contributed by atoms with van der Waals surface area (Å²) < 4.78 is 0. The molecule has 0 heteroatoms. The second kappa shape index (κ2) is 9.18. The van der Waals surface area contributed by atoms with E-state index in [0.717, 1.165) is 53.3 Å². The van der Waals surface area contributed by atoms with E-state index >= 15 is 0 Å². The monoisotopic (exact) mass is 426 g/mol. The quantitative estimate of drug-likeness (QED) is 0.384. The van der Waals surface area contributed by atoms with Gasteiger partial charge >= 0.3 is 0 Å². The molecule has 4 saturated carbocycles. The molecule has 0 saturated heterocycles. The maximum absolute atomic E-state index is 4.00. The van der Waals surface area contributed by atoms with Gasteiger partial charge in [-0.15, -0.1) is 6.58 Å². The fourth-order valence-electron chi connectivity index (χ4n) is 9.14. The first kappa shape index (κ1) is 23.9. The van der Waals surface area contributed by atoms with Crippen LogP contribution in [0.5, 0.6) is 0 Å². The topological polar surface area (TPSA) is 0 Å². The molecule has 0 aromatic carbocycles. The number of hydrogen-bond donors (Lipinski definition) is 0. The molecule has 4 fully saturated rings. The van der Waals surface area contributed by atoms with E-state index in [0.29, 0.717) is 10.8 Å². The molecule has 0 nitrogen and oxygen atoms in total. The average Bonchev–Trinajstić information content (AvgIpc) is 3.26. The summed E-state index contributed by atoms with van der Waals surface area (Å²) in [5.74, 6) is 9.19. The van der Waals surface area contributed by atoms with E-state index in [-0.39, 0.29) is 0 Å². The van der Waals surface area contributed by atoms with E-state index in [1.165, 1.54) is 44.9 Å². The molecule has 0 N–H and O–H groups in total. The van der Waals surface area contributed by atoms with Crippen LogP contribution in [0.1, 0.15) is 119 Å². The minimum atomic E-state index is 0.501. The maximum atomic E-state index is 4.00. The lowest BCUT2D eigenvalue weighted by Crippen LogP contribution is -2.33. The predicted octanol–water partition coefficient (Wildman–Crippen LogP) is 9.55. The maximum Gasteiger partial charge on any atom is -0.0325 e. The molecule has 8 atom stereocenters. The zero-order chi connectivity index (χ0) is 22.4.